The molecule has 0 radical (unpaired) electrons. The summed E-state index contributed by atoms with van der Waals surface area (Å²) in [7, 11) is 0. The first-order valence-corrected chi connectivity index (χ1v) is 7.48. The highest BCUT2D eigenvalue weighted by Gasteiger charge is 2.06. The Morgan fingerprint density at radius 3 is 2.30 bits per heavy atom. The van der Waals surface area contributed by atoms with Gasteiger partial charge in [0.1, 0.15) is 5.84 Å². The van der Waals surface area contributed by atoms with Crippen molar-refractivity contribution in [3.05, 3.63) is 77.7 Å². The zero-order valence-electron chi connectivity index (χ0n) is 12.7. The summed E-state index contributed by atoms with van der Waals surface area (Å²) in [6.45, 7) is 1.56. The molecule has 0 unspecified atom stereocenters. The Bertz CT molecular complexity index is 748. The molecule has 1 aromatic rings. The lowest BCUT2D eigenvalue weighted by atomic mass is 10.0. The van der Waals surface area contributed by atoms with Crippen LogP contribution in [0.25, 0.3) is 5.57 Å². The smallest absolute Gasteiger partial charge is 0.154 e. The Balaban J connectivity index is 1.75. The van der Waals surface area contributed by atoms with Gasteiger partial charge in [0.05, 0.1) is 0 Å². The van der Waals surface area contributed by atoms with E-state index in [4.69, 9.17) is 11.1 Å². The van der Waals surface area contributed by atoms with E-state index in [1.165, 1.54) is 5.57 Å². The molecule has 5 heteroatoms. The number of aliphatic imine (C=N–C) groups is 1. The number of amidine groups is 2. The summed E-state index contributed by atoms with van der Waals surface area (Å²) in [4.78, 5) is 4.20. The summed E-state index contributed by atoms with van der Waals surface area (Å²) in [5.41, 5.74) is 9.86. The third-order valence-corrected chi connectivity index (χ3v) is 3.66. The second-order valence-corrected chi connectivity index (χ2v) is 5.23. The summed E-state index contributed by atoms with van der Waals surface area (Å²) in [6.07, 6.45) is 11.7. The van der Waals surface area contributed by atoms with Gasteiger partial charge in [-0.1, -0.05) is 36.4 Å². The first-order valence-electron chi connectivity index (χ1n) is 7.48. The van der Waals surface area contributed by atoms with Crippen LogP contribution in [0.15, 0.2) is 71.5 Å². The zero-order valence-corrected chi connectivity index (χ0v) is 12.7. The summed E-state index contributed by atoms with van der Waals surface area (Å²) < 4.78 is 0. The standard InChI is InChI=1S/C18H19N5/c19-17(23-18(20)16-7-11-22-12-8-16)15-3-1-13(2-4-15)14-5-9-21-10-6-14/h1-9,11,21-22H,10,12H2,(H3,19,20,23). The van der Waals surface area contributed by atoms with Gasteiger partial charge in [0.2, 0.25) is 0 Å². The van der Waals surface area contributed by atoms with Crippen LogP contribution in [0.5, 0.6) is 0 Å². The van der Waals surface area contributed by atoms with Gasteiger partial charge in [-0.3, -0.25) is 5.41 Å². The van der Waals surface area contributed by atoms with Gasteiger partial charge in [-0.25, -0.2) is 4.99 Å². The number of hydrogen-bond acceptors (Lipinski definition) is 3. The minimum absolute atomic E-state index is 0.164. The van der Waals surface area contributed by atoms with Crippen LogP contribution < -0.4 is 16.4 Å². The van der Waals surface area contributed by atoms with Crippen molar-refractivity contribution in [3.63, 3.8) is 0 Å². The maximum atomic E-state index is 8.12. The Labute approximate surface area is 135 Å². The SMILES string of the molecule is N=C(/N=C(\N)C1=CCNC=C1)c1ccc(C2=CCNC=C2)cc1. The number of rotatable bonds is 3. The lowest BCUT2D eigenvalue weighted by Crippen LogP contribution is -2.20. The van der Waals surface area contributed by atoms with Crippen molar-refractivity contribution in [2.24, 2.45) is 10.7 Å². The number of nitrogens with two attached hydrogens (primary N) is 1. The number of nitrogens with one attached hydrogen (secondary N) is 3. The van der Waals surface area contributed by atoms with Crippen LogP contribution in [0.1, 0.15) is 11.1 Å². The van der Waals surface area contributed by atoms with Gasteiger partial charge in [-0.15, -0.1) is 0 Å². The van der Waals surface area contributed by atoms with E-state index in [-0.39, 0.29) is 5.84 Å². The topological polar surface area (TPSA) is 86.3 Å². The van der Waals surface area contributed by atoms with Crippen LogP contribution in [0, 0.1) is 5.41 Å². The van der Waals surface area contributed by atoms with E-state index >= 15 is 0 Å². The van der Waals surface area contributed by atoms with Gasteiger partial charge < -0.3 is 16.4 Å². The van der Waals surface area contributed by atoms with Gasteiger partial charge >= 0.3 is 0 Å². The Kier molecular flexibility index (Phi) is 4.38. The highest BCUT2D eigenvalue weighted by atomic mass is 14.9. The second-order valence-electron chi connectivity index (χ2n) is 5.23. The molecular weight excluding hydrogens is 286 g/mol. The fourth-order valence-electron chi connectivity index (χ4n) is 2.38. The lowest BCUT2D eigenvalue weighted by molar-refractivity contribution is 0.966. The molecule has 0 bridgehead atoms. The molecule has 116 valence electrons. The molecule has 3 rings (SSSR count). The van der Waals surface area contributed by atoms with E-state index in [1.807, 2.05) is 54.9 Å². The molecule has 2 aliphatic heterocycles. The van der Waals surface area contributed by atoms with Gasteiger partial charge in [-0.2, -0.15) is 0 Å². The maximum Gasteiger partial charge on any atom is 0.154 e. The fraction of sp³-hybridized carbons (Fsp3) is 0.111. The summed E-state index contributed by atoms with van der Waals surface area (Å²) in [5.74, 6) is 0.525. The number of benzene rings is 1. The summed E-state index contributed by atoms with van der Waals surface area (Å²) in [6, 6.07) is 7.80. The molecule has 0 aromatic heterocycles. The van der Waals surface area contributed by atoms with E-state index < -0.39 is 0 Å². The van der Waals surface area contributed by atoms with Crippen molar-refractivity contribution >= 4 is 17.2 Å². The maximum absolute atomic E-state index is 8.12. The quantitative estimate of drug-likeness (QED) is 0.508. The van der Waals surface area contributed by atoms with Crippen LogP contribution in [0.2, 0.25) is 0 Å². The van der Waals surface area contributed by atoms with E-state index in [9.17, 15) is 0 Å². The van der Waals surface area contributed by atoms with Crippen molar-refractivity contribution in [2.75, 3.05) is 13.1 Å². The van der Waals surface area contributed by atoms with E-state index in [2.05, 4.69) is 21.7 Å². The van der Waals surface area contributed by atoms with Gasteiger partial charge in [-0.05, 0) is 35.7 Å². The minimum atomic E-state index is 0.164. The Hall–Kier alpha value is -3.08. The van der Waals surface area contributed by atoms with E-state index in [0.717, 1.165) is 29.8 Å². The average Bonchev–Trinajstić information content (AvgIpc) is 2.63. The third-order valence-electron chi connectivity index (χ3n) is 3.66. The lowest BCUT2D eigenvalue weighted by Gasteiger charge is -2.10. The molecule has 2 heterocycles. The third kappa shape index (κ3) is 3.58. The molecule has 5 N–H and O–H groups in total. The van der Waals surface area contributed by atoms with Crippen LogP contribution in [0.4, 0.5) is 0 Å². The van der Waals surface area contributed by atoms with Crippen molar-refractivity contribution < 1.29 is 0 Å². The highest BCUT2D eigenvalue weighted by Crippen LogP contribution is 2.18. The first kappa shape index (κ1) is 14.8. The molecule has 5 nitrogen and oxygen atoms in total. The van der Waals surface area contributed by atoms with E-state index in [0.29, 0.717) is 5.84 Å². The molecule has 2 aliphatic rings. The van der Waals surface area contributed by atoms with Crippen LogP contribution in [-0.4, -0.2) is 24.8 Å². The number of dihydropyridines is 2. The second kappa shape index (κ2) is 6.79. The molecule has 0 atom stereocenters. The van der Waals surface area contributed by atoms with Crippen molar-refractivity contribution in [2.45, 2.75) is 0 Å². The van der Waals surface area contributed by atoms with Gasteiger partial charge in [0.15, 0.2) is 5.84 Å². The largest absolute Gasteiger partial charge is 0.387 e. The molecule has 0 spiro atoms. The van der Waals surface area contributed by atoms with Crippen molar-refractivity contribution in [1.29, 1.82) is 5.41 Å². The van der Waals surface area contributed by atoms with Gasteiger partial charge in [0, 0.05) is 24.2 Å². The summed E-state index contributed by atoms with van der Waals surface area (Å²) in [5, 5.41) is 14.3. The number of nitrogens with zero attached hydrogens (tertiary/aromatic N) is 1. The average molecular weight is 305 g/mol. The van der Waals surface area contributed by atoms with Crippen molar-refractivity contribution in [1.82, 2.24) is 10.6 Å². The predicted molar refractivity (Wildman–Crippen MR) is 95.2 cm³/mol. The zero-order chi connectivity index (χ0) is 16.1. The minimum Gasteiger partial charge on any atom is -0.387 e. The van der Waals surface area contributed by atoms with Gasteiger partial charge in [0.25, 0.3) is 0 Å². The highest BCUT2D eigenvalue weighted by molar-refractivity contribution is 6.10. The van der Waals surface area contributed by atoms with Crippen LogP contribution >= 0.6 is 0 Å². The normalized spacial score (nSPS) is 17.0. The monoisotopic (exact) mass is 305 g/mol. The summed E-state index contributed by atoms with van der Waals surface area (Å²) >= 11 is 0. The Morgan fingerprint density at radius 2 is 1.70 bits per heavy atom. The Morgan fingerprint density at radius 1 is 1.00 bits per heavy atom. The molecular formula is C18H19N5. The molecule has 0 aliphatic carbocycles. The molecule has 1 aromatic carbocycles. The molecule has 0 amide bonds. The number of hydrogen-bond donors (Lipinski definition) is 4. The van der Waals surface area contributed by atoms with Crippen LogP contribution in [0.3, 0.4) is 0 Å². The fourth-order valence-corrected chi connectivity index (χ4v) is 2.38. The van der Waals surface area contributed by atoms with Crippen molar-refractivity contribution in [3.8, 4) is 0 Å². The molecule has 0 saturated heterocycles. The molecule has 0 saturated carbocycles. The van der Waals surface area contributed by atoms with Crippen LogP contribution in [-0.2, 0) is 0 Å². The molecule has 0 fully saturated rings. The molecule has 23 heavy (non-hydrogen) atoms. The predicted octanol–water partition coefficient (Wildman–Crippen LogP) is 1.91. The van der Waals surface area contributed by atoms with E-state index in [1.54, 1.807) is 0 Å². The first-order chi connectivity index (χ1) is 11.2. The number of allylic oxidation sites excluding steroid dienone is 2.